The Bertz CT molecular complexity index is 6450. The molecule has 3 fully saturated rings. The molecule has 0 unspecified atom stereocenters. The molecule has 12 aromatic carbocycles. The van der Waals surface area contributed by atoms with Gasteiger partial charge in [0.05, 0.1) is 127 Å². The smallest absolute Gasteiger partial charge is 1.00 e. The van der Waals surface area contributed by atoms with E-state index in [-0.39, 0.29) is 97.6 Å². The SMILES string of the molecule is COC(=O)c1cccc(-c2cccc(COC=O)c2Cl)c1Cl.COC(=O)c1cccc(B2OC(C)(C)C(C)(C)O2)c1Cl.COC(=O)c1cccc(Br)c1Cl.O=C(O)[C@@H]1CCCCN1Cc1ccc(OCc2cccc(-c3cccc(COc4ccc(CN5CCCC[C@H]5C(=O)O)cc4Br)c3Cl)c2Cl)c(Br)c1.O=C(O)c1cccc(Br)c1Cl.O=Cc1ccc(O)c(Br)c1.OCc1cccc(-c2cccc(CO)c2Cl)c1Cl.[AlH3].[H-].[Li+]. The van der Waals surface area contributed by atoms with Gasteiger partial charge in [0.2, 0.25) is 0 Å². The number of carbonyl (C=O) groups excluding carboxylic acids is 5. The average Bonchev–Trinajstić information content (AvgIpc) is 1.61. The quantitative estimate of drug-likeness (QED) is 0.0127. The van der Waals surface area contributed by atoms with Gasteiger partial charge < -0.3 is 69.8 Å². The van der Waals surface area contributed by atoms with Gasteiger partial charge in [-0.3, -0.25) is 29.0 Å². The Labute approximate surface area is 963 Å². The molecular weight excluding hydrogens is 2420 g/mol. The summed E-state index contributed by atoms with van der Waals surface area (Å²) < 4.78 is 46.3. The van der Waals surface area contributed by atoms with E-state index in [0.717, 1.165) is 98.5 Å². The van der Waals surface area contributed by atoms with Crippen LogP contribution in [0.3, 0.4) is 0 Å². The van der Waals surface area contributed by atoms with Crippen molar-refractivity contribution >= 4 is 263 Å². The first-order valence-corrected chi connectivity index (χ1v) is 51.6. The molecular formula is C106H101AlBBr5Cl9LiN2O22. The predicted octanol–water partition coefficient (Wildman–Crippen LogP) is 24.0. The third-order valence-corrected chi connectivity index (χ3v) is 30.8. The summed E-state index contributed by atoms with van der Waals surface area (Å²) >= 11 is 73.5. The molecule has 41 heteroatoms. The molecule has 2 atom stereocenters. The summed E-state index contributed by atoms with van der Waals surface area (Å²) in [5, 5.41) is 58.9. The number of aromatic hydroxyl groups is 1. The maximum atomic E-state index is 11.7. The number of likely N-dealkylation sites (tertiary alicyclic amines) is 2. The number of aldehydes is 1. The van der Waals surface area contributed by atoms with Gasteiger partial charge in [-0.1, -0.05) is 257 Å². The van der Waals surface area contributed by atoms with E-state index >= 15 is 0 Å². The Kier molecular flexibility index (Phi) is 52.2. The molecule has 0 amide bonds. The van der Waals surface area contributed by atoms with Gasteiger partial charge in [0, 0.05) is 83.1 Å². The fourth-order valence-corrected chi connectivity index (χ4v) is 19.5. The summed E-state index contributed by atoms with van der Waals surface area (Å²) in [6, 6.07) is 63.0. The Morgan fingerprint density at radius 2 is 0.755 bits per heavy atom. The Morgan fingerprint density at radius 3 is 1.11 bits per heavy atom. The summed E-state index contributed by atoms with van der Waals surface area (Å²) in [6.07, 6.45) is 5.95. The first-order chi connectivity index (χ1) is 69.1. The molecule has 24 nitrogen and oxygen atoms in total. The summed E-state index contributed by atoms with van der Waals surface area (Å²) in [5.74, 6) is -2.52. The molecule has 12 aromatic rings. The van der Waals surface area contributed by atoms with Crippen molar-refractivity contribution in [2.45, 2.75) is 136 Å². The van der Waals surface area contributed by atoms with E-state index in [1.54, 1.807) is 109 Å². The first-order valence-electron chi connectivity index (χ1n) is 44.2. The van der Waals surface area contributed by atoms with Gasteiger partial charge in [-0.05, 0) is 247 Å². The van der Waals surface area contributed by atoms with Crippen LogP contribution in [0, 0.1) is 0 Å². The van der Waals surface area contributed by atoms with Crippen molar-refractivity contribution in [1.29, 1.82) is 0 Å². The number of piperidine rings is 2. The van der Waals surface area contributed by atoms with Crippen molar-refractivity contribution in [3.05, 3.63) is 353 Å². The van der Waals surface area contributed by atoms with Crippen LogP contribution in [0.4, 0.5) is 0 Å². The maximum absolute atomic E-state index is 11.7. The van der Waals surface area contributed by atoms with Crippen molar-refractivity contribution in [2.24, 2.45) is 0 Å². The number of aliphatic hydroxyl groups excluding tert-OH is 2. The number of rotatable bonds is 26. The predicted molar refractivity (Wildman–Crippen MR) is 595 cm³/mol. The minimum absolute atomic E-state index is 0. The van der Waals surface area contributed by atoms with Crippen molar-refractivity contribution in [3.63, 3.8) is 0 Å². The molecule has 3 heterocycles. The van der Waals surface area contributed by atoms with Crippen LogP contribution in [-0.2, 0) is 88.8 Å². The third-order valence-electron chi connectivity index (χ3n) is 23.2. The number of benzene rings is 12. The van der Waals surface area contributed by atoms with E-state index < -0.39 is 66.2 Å². The van der Waals surface area contributed by atoms with E-state index in [0.29, 0.717) is 142 Å². The third kappa shape index (κ3) is 34.5. The summed E-state index contributed by atoms with van der Waals surface area (Å²) in [5.41, 5.74) is 11.2. The number of hydrogen-bond acceptors (Lipinski definition) is 21. The number of nitrogens with zero attached hydrogens (tertiary/aromatic N) is 2. The largest absolute Gasteiger partial charge is 1.00 e. The summed E-state index contributed by atoms with van der Waals surface area (Å²) in [4.78, 5) is 92.9. The van der Waals surface area contributed by atoms with Crippen LogP contribution in [0.2, 0.25) is 45.2 Å². The van der Waals surface area contributed by atoms with Crippen LogP contribution in [0.15, 0.2) is 241 Å². The van der Waals surface area contributed by atoms with Crippen molar-refractivity contribution in [3.8, 4) is 50.6 Å². The van der Waals surface area contributed by atoms with Gasteiger partial charge >= 0.3 is 61.8 Å². The standard InChI is InChI=1S/C40H40Br2Cl2N2O6.C16H12Cl2O4.C14H18BClO4.C14H12Cl2O2.C8H6BrClO2.C7H4BrClO2.C7H5BrO2.Al.Li.4H/c41-31-19-25(21-45-17-3-1-11-33(45)39(47)48)13-15-35(31)51-23-27-7-5-9-29(37(27)43)30-10-6-8-28(38(30)44)24-52-36-16-14-26(20-32(36)42)22-46-18-4-2-12-34(46)40(49)50;1-21-16(20)13-7-3-6-12(15(13)18)11-5-2-4-10(14(11)17)8-22-9-19;1-13(2)14(3,4)20-15(19-13)10-8-6-7-9(11(10)16)12(17)18-5;15-13-9(7-17)3-1-5-11(13)12-6-2-4-10(8-18)14(12)16;1-12-8(11)5-3-2-4-6(9)7(5)10;8-5-3-1-2-4(6(5)9)7(10)11;8-6-3-5(4-9)1-2-7(6)10;;;;;;/h5-10,13-16,19-20,33-34H,1-4,11-12,17-18,21-24H2,(H,47,48)(H,49,50);2-7,9H,8H2,1H3;6-8H,1-5H3;1-6,17-18H,7-8H2;2-4H,1H3;1-3H,(H,10,11);1-4,10H;;;;;;/q;;;;;;;;+1;;;;-1/t33-,34-;;;;;;;;;;;;/m0............/s1. The van der Waals surface area contributed by atoms with Crippen LogP contribution in [0.25, 0.3) is 33.4 Å². The van der Waals surface area contributed by atoms with Crippen LogP contribution in [-0.4, -0.2) is 171 Å². The second kappa shape index (κ2) is 61.0. The molecule has 0 spiro atoms. The zero-order valence-corrected chi connectivity index (χ0v) is 94.4. The summed E-state index contributed by atoms with van der Waals surface area (Å²) in [7, 11) is 3.33. The molecule has 147 heavy (non-hydrogen) atoms. The number of aliphatic hydroxyl groups is 2. The topological polar surface area (TPSA) is 338 Å². The minimum atomic E-state index is -1.02. The normalized spacial score (nSPS) is 14.1. The fourth-order valence-electron chi connectivity index (χ4n) is 14.9. The summed E-state index contributed by atoms with van der Waals surface area (Å²) in [6.45, 7) is 11.2. The van der Waals surface area contributed by atoms with Crippen LogP contribution < -0.4 is 33.8 Å². The van der Waals surface area contributed by atoms with Crippen LogP contribution >= 0.6 is 184 Å². The number of ether oxygens (including phenoxy) is 6. The number of phenols is 1. The molecule has 0 bridgehead atoms. The number of carbonyl (C=O) groups is 8. The van der Waals surface area contributed by atoms with E-state index in [4.69, 9.17) is 148 Å². The van der Waals surface area contributed by atoms with Gasteiger partial charge in [-0.15, -0.1) is 0 Å². The molecule has 0 radical (unpaired) electrons. The Hall–Kier alpha value is -8.04. The van der Waals surface area contributed by atoms with E-state index in [2.05, 4.69) is 84.4 Å². The van der Waals surface area contributed by atoms with Gasteiger partial charge in [-0.25, -0.2) is 19.2 Å². The first kappa shape index (κ1) is 126. The minimum Gasteiger partial charge on any atom is -1.00 e. The Balaban J connectivity index is 0.000000290. The van der Waals surface area contributed by atoms with E-state index in [1.807, 2.05) is 135 Å². The molecule has 3 aliphatic heterocycles. The van der Waals surface area contributed by atoms with Gasteiger partial charge in [0.25, 0.3) is 6.47 Å². The van der Waals surface area contributed by atoms with Crippen LogP contribution in [0.1, 0.15) is 158 Å². The van der Waals surface area contributed by atoms with Crippen molar-refractivity contribution < 1.29 is 127 Å². The second-order valence-electron chi connectivity index (χ2n) is 33.1. The molecule has 3 saturated heterocycles. The molecule has 772 valence electrons. The molecule has 0 aliphatic carbocycles. The van der Waals surface area contributed by atoms with Crippen molar-refractivity contribution in [2.75, 3.05) is 34.4 Å². The van der Waals surface area contributed by atoms with Gasteiger partial charge in [-0.2, -0.15) is 0 Å². The van der Waals surface area contributed by atoms with Crippen molar-refractivity contribution in [1.82, 2.24) is 9.80 Å². The number of esters is 3. The molecule has 15 rings (SSSR count). The maximum Gasteiger partial charge on any atom is 1.00 e. The zero-order chi connectivity index (χ0) is 106. The molecule has 0 saturated carbocycles. The number of methoxy groups -OCH3 is 3. The Morgan fingerprint density at radius 1 is 0.415 bits per heavy atom. The number of aliphatic carboxylic acids is 2. The molecule has 3 aliphatic rings. The fraction of sp³-hybridized carbons (Fsp3) is 0.245. The molecule has 0 aromatic heterocycles. The number of aromatic carboxylic acids is 1. The average molecular weight is 2520 g/mol. The van der Waals surface area contributed by atoms with Gasteiger partial charge in [0.1, 0.15) is 55.4 Å². The number of carboxylic acid groups (broad SMARTS) is 3. The number of hydrogen-bond donors (Lipinski definition) is 6. The number of phenolic OH excluding ortho intramolecular Hbond substituents is 1. The van der Waals surface area contributed by atoms with Crippen LogP contribution in [0.5, 0.6) is 17.2 Å². The van der Waals surface area contributed by atoms with E-state index in [1.165, 1.54) is 33.5 Å². The monoisotopic (exact) mass is 2510 g/mol. The zero-order valence-electron chi connectivity index (χ0n) is 80.7. The number of halogens is 14. The van der Waals surface area contributed by atoms with Gasteiger partial charge in [0.15, 0.2) is 17.4 Å². The number of carboxylic acids is 3. The second-order valence-corrected chi connectivity index (χ2v) is 40.8. The molecule has 6 N–H and O–H groups in total. The van der Waals surface area contributed by atoms with E-state index in [9.17, 15) is 58.8 Å².